The molecule has 1 rings (SSSR count). The van der Waals surface area contributed by atoms with E-state index in [1.165, 1.54) is 0 Å². The highest BCUT2D eigenvalue weighted by Crippen LogP contribution is 2.54. The van der Waals surface area contributed by atoms with Gasteiger partial charge in [0.1, 0.15) is 5.69 Å². The van der Waals surface area contributed by atoms with Gasteiger partial charge in [0.15, 0.2) is 5.69 Å². The predicted octanol–water partition coefficient (Wildman–Crippen LogP) is 3.83. The molecule has 0 radical (unpaired) electrons. The molecule has 0 N–H and O–H groups in total. The largest absolute Gasteiger partial charge is 0.437 e. The summed E-state index contributed by atoms with van der Waals surface area (Å²) in [5.41, 5.74) is -2.15. The lowest BCUT2D eigenvalue weighted by Crippen LogP contribution is -2.33. The standard InChI is InChI=1S/C6H3Cl5F3N3/c1-17-3(4(7,8)6(9,10)11)2(15-16-17)5(12,13)14/h1H3. The fourth-order valence-electron chi connectivity index (χ4n) is 1.03. The first-order chi connectivity index (χ1) is 7.39. The Labute approximate surface area is 119 Å². The molecule has 0 amide bonds. The lowest BCUT2D eigenvalue weighted by Gasteiger charge is -2.27. The van der Waals surface area contributed by atoms with Crippen LogP contribution in [0, 0.1) is 0 Å². The normalized spacial score (nSPS) is 14.2. The van der Waals surface area contributed by atoms with Crippen molar-refractivity contribution in [2.24, 2.45) is 7.05 Å². The lowest BCUT2D eigenvalue weighted by atomic mass is 10.2. The predicted molar refractivity (Wildman–Crippen MR) is 59.7 cm³/mol. The maximum atomic E-state index is 12.6. The molecule has 17 heavy (non-hydrogen) atoms. The molecule has 0 aliphatic rings. The van der Waals surface area contributed by atoms with E-state index in [1.807, 2.05) is 0 Å². The molecule has 0 aromatic carbocycles. The first kappa shape index (κ1) is 15.4. The molecular formula is C6H3Cl5F3N3. The molecule has 0 saturated carbocycles. The molecular weight excluding hydrogens is 348 g/mol. The Morgan fingerprint density at radius 3 is 1.88 bits per heavy atom. The van der Waals surface area contributed by atoms with Crippen LogP contribution in [0.25, 0.3) is 0 Å². The number of nitrogens with zero attached hydrogens (tertiary/aromatic N) is 3. The molecule has 98 valence electrons. The summed E-state index contributed by atoms with van der Waals surface area (Å²) in [6, 6.07) is 0. The number of rotatable bonds is 1. The summed E-state index contributed by atoms with van der Waals surface area (Å²) in [7, 11) is 1.15. The van der Waals surface area contributed by atoms with Gasteiger partial charge in [-0.1, -0.05) is 63.2 Å². The van der Waals surface area contributed by atoms with Crippen molar-refractivity contribution in [3.63, 3.8) is 0 Å². The SMILES string of the molecule is Cn1nnc(C(F)(F)F)c1C(Cl)(Cl)C(Cl)(Cl)Cl. The van der Waals surface area contributed by atoms with E-state index in [-0.39, 0.29) is 0 Å². The summed E-state index contributed by atoms with van der Waals surface area (Å²) in [5, 5.41) is 6.07. The third-order valence-electron chi connectivity index (χ3n) is 1.75. The van der Waals surface area contributed by atoms with E-state index in [9.17, 15) is 13.2 Å². The van der Waals surface area contributed by atoms with E-state index in [4.69, 9.17) is 58.0 Å². The second-order valence-corrected chi connectivity index (χ2v) is 6.59. The Hall–Kier alpha value is 0.380. The molecule has 11 heteroatoms. The van der Waals surface area contributed by atoms with E-state index in [0.29, 0.717) is 4.68 Å². The summed E-state index contributed by atoms with van der Waals surface area (Å²) in [6.07, 6.45) is -4.81. The average Bonchev–Trinajstić information content (AvgIpc) is 2.44. The Bertz CT molecular complexity index is 422. The van der Waals surface area contributed by atoms with Crippen molar-refractivity contribution in [1.29, 1.82) is 0 Å². The molecule has 0 atom stereocenters. The molecule has 1 heterocycles. The first-order valence-electron chi connectivity index (χ1n) is 3.81. The zero-order valence-corrected chi connectivity index (χ0v) is 11.6. The highest BCUT2D eigenvalue weighted by Gasteiger charge is 2.54. The van der Waals surface area contributed by atoms with Crippen LogP contribution in [-0.4, -0.2) is 18.8 Å². The van der Waals surface area contributed by atoms with Gasteiger partial charge in [-0.05, 0) is 0 Å². The van der Waals surface area contributed by atoms with Crippen molar-refractivity contribution < 1.29 is 13.2 Å². The van der Waals surface area contributed by atoms with Gasteiger partial charge in [0.25, 0.3) is 0 Å². The molecule has 0 bridgehead atoms. The van der Waals surface area contributed by atoms with Crippen molar-refractivity contribution in [1.82, 2.24) is 15.0 Å². The molecule has 0 unspecified atom stereocenters. The fraction of sp³-hybridized carbons (Fsp3) is 0.667. The number of alkyl halides is 8. The van der Waals surface area contributed by atoms with Gasteiger partial charge in [0.2, 0.25) is 8.13 Å². The number of aryl methyl sites for hydroxylation is 1. The van der Waals surface area contributed by atoms with Crippen molar-refractivity contribution in [2.45, 2.75) is 14.3 Å². The van der Waals surface area contributed by atoms with Crippen molar-refractivity contribution in [3.8, 4) is 0 Å². The second kappa shape index (κ2) is 4.49. The zero-order chi connectivity index (χ0) is 13.6. The van der Waals surface area contributed by atoms with Gasteiger partial charge >= 0.3 is 6.18 Å². The van der Waals surface area contributed by atoms with Crippen LogP contribution in [0.2, 0.25) is 0 Å². The molecule has 0 aliphatic heterocycles. The van der Waals surface area contributed by atoms with Crippen LogP contribution in [0.1, 0.15) is 11.4 Å². The first-order valence-corrected chi connectivity index (χ1v) is 5.70. The van der Waals surface area contributed by atoms with E-state index in [1.54, 1.807) is 0 Å². The summed E-state index contributed by atoms with van der Waals surface area (Å²) >= 11 is 27.7. The second-order valence-electron chi connectivity index (χ2n) is 2.98. The minimum atomic E-state index is -4.81. The molecule has 0 spiro atoms. The van der Waals surface area contributed by atoms with Crippen LogP contribution in [-0.2, 0) is 17.6 Å². The van der Waals surface area contributed by atoms with Crippen LogP contribution in [0.15, 0.2) is 0 Å². The van der Waals surface area contributed by atoms with E-state index in [2.05, 4.69) is 10.3 Å². The van der Waals surface area contributed by atoms with Crippen LogP contribution in [0.3, 0.4) is 0 Å². The molecule has 0 fully saturated rings. The minimum Gasteiger partial charge on any atom is -0.249 e. The topological polar surface area (TPSA) is 30.7 Å². The quantitative estimate of drug-likeness (QED) is 0.720. The molecule has 0 saturated heterocycles. The number of halogens is 8. The summed E-state index contributed by atoms with van der Waals surface area (Å²) in [6.45, 7) is 0. The van der Waals surface area contributed by atoms with Crippen molar-refractivity contribution in [2.75, 3.05) is 0 Å². The summed E-state index contributed by atoms with van der Waals surface area (Å²) in [5.74, 6) is 0. The zero-order valence-electron chi connectivity index (χ0n) is 7.87. The van der Waals surface area contributed by atoms with Gasteiger partial charge in [-0.3, -0.25) is 0 Å². The molecule has 3 nitrogen and oxygen atoms in total. The van der Waals surface area contributed by atoms with Gasteiger partial charge in [-0.25, -0.2) is 4.68 Å². The third-order valence-corrected chi connectivity index (χ3v) is 4.10. The smallest absolute Gasteiger partial charge is 0.249 e. The van der Waals surface area contributed by atoms with E-state index >= 15 is 0 Å². The minimum absolute atomic E-state index is 0.699. The lowest BCUT2D eigenvalue weighted by molar-refractivity contribution is -0.142. The molecule has 0 aliphatic carbocycles. The fourth-order valence-corrected chi connectivity index (χ4v) is 1.73. The monoisotopic (exact) mass is 349 g/mol. The number of aromatic nitrogens is 3. The number of hydrogen-bond acceptors (Lipinski definition) is 2. The van der Waals surface area contributed by atoms with Gasteiger partial charge in [0.05, 0.1) is 0 Å². The summed E-state index contributed by atoms with van der Waals surface area (Å²) < 4.78 is 33.7. The number of hydrogen-bond donors (Lipinski definition) is 0. The van der Waals surface area contributed by atoms with Gasteiger partial charge in [0, 0.05) is 7.05 Å². The maximum absolute atomic E-state index is 12.6. The van der Waals surface area contributed by atoms with Crippen LogP contribution in [0.4, 0.5) is 13.2 Å². The van der Waals surface area contributed by atoms with E-state index in [0.717, 1.165) is 7.05 Å². The molecule has 1 aromatic rings. The Morgan fingerprint density at radius 2 is 1.53 bits per heavy atom. The highest BCUT2D eigenvalue weighted by atomic mass is 35.6. The van der Waals surface area contributed by atoms with Crippen LogP contribution in [0.5, 0.6) is 0 Å². The maximum Gasteiger partial charge on any atom is 0.437 e. The van der Waals surface area contributed by atoms with Gasteiger partial charge in [-0.15, -0.1) is 5.10 Å². The van der Waals surface area contributed by atoms with E-state index < -0.39 is 25.7 Å². The highest BCUT2D eigenvalue weighted by molar-refractivity contribution is 6.75. The van der Waals surface area contributed by atoms with Crippen molar-refractivity contribution >= 4 is 58.0 Å². The summed E-state index contributed by atoms with van der Waals surface area (Å²) in [4.78, 5) is 0. The molecule has 1 aromatic heterocycles. The van der Waals surface area contributed by atoms with Crippen molar-refractivity contribution in [3.05, 3.63) is 11.4 Å². The third kappa shape index (κ3) is 2.87. The average molecular weight is 351 g/mol. The Morgan fingerprint density at radius 1 is 1.06 bits per heavy atom. The van der Waals surface area contributed by atoms with Crippen LogP contribution >= 0.6 is 58.0 Å². The Balaban J connectivity index is 3.47. The Kier molecular flexibility index (Phi) is 4.08. The van der Waals surface area contributed by atoms with Gasteiger partial charge < -0.3 is 0 Å². The van der Waals surface area contributed by atoms with Gasteiger partial charge in [-0.2, -0.15) is 13.2 Å². The van der Waals surface area contributed by atoms with Crippen LogP contribution < -0.4 is 0 Å².